The monoisotopic (exact) mass is 128 g/mol. The second kappa shape index (κ2) is 10.5. The van der Waals surface area contributed by atoms with Crippen molar-refractivity contribution in [2.45, 2.75) is 12.8 Å². The molecule has 0 atom stereocenters. The van der Waals surface area contributed by atoms with Gasteiger partial charge in [0.2, 0.25) is 0 Å². The maximum atomic E-state index is 5.16. The van der Waals surface area contributed by atoms with Crippen LogP contribution in [0.3, 0.4) is 0 Å². The molecule has 0 saturated carbocycles. The van der Waals surface area contributed by atoms with Crippen LogP contribution in [-0.4, -0.2) is 13.1 Å². The van der Waals surface area contributed by atoms with Gasteiger partial charge in [-0.3, -0.25) is 0 Å². The fourth-order valence-electron chi connectivity index (χ4n) is 0.289. The van der Waals surface area contributed by atoms with Crippen LogP contribution < -0.4 is 62.9 Å². The summed E-state index contributed by atoms with van der Waals surface area (Å²) in [5.41, 5.74) is 10.3. The SMILES string of the molecule is NCCCCN.[H-].[K+]. The molecule has 4 N–H and O–H groups in total. The van der Waals surface area contributed by atoms with Crippen LogP contribution >= 0.6 is 0 Å². The van der Waals surface area contributed by atoms with E-state index in [2.05, 4.69) is 0 Å². The maximum Gasteiger partial charge on any atom is 1.00 e. The maximum absolute atomic E-state index is 5.16. The molecule has 0 aliphatic rings. The van der Waals surface area contributed by atoms with Crippen molar-refractivity contribution in [1.82, 2.24) is 0 Å². The third-order valence-corrected chi connectivity index (χ3v) is 0.658. The van der Waals surface area contributed by atoms with Crippen molar-refractivity contribution in [2.24, 2.45) is 11.5 Å². The molecule has 2 nitrogen and oxygen atoms in total. The van der Waals surface area contributed by atoms with E-state index in [-0.39, 0.29) is 52.8 Å². The van der Waals surface area contributed by atoms with Crippen LogP contribution in [-0.2, 0) is 0 Å². The van der Waals surface area contributed by atoms with Gasteiger partial charge in [-0.1, -0.05) is 0 Å². The molecule has 0 radical (unpaired) electrons. The first kappa shape index (κ1) is 11.4. The smallest absolute Gasteiger partial charge is 1.00 e. The number of unbranched alkanes of at least 4 members (excludes halogenated alkanes) is 1. The number of hydrogen-bond donors (Lipinski definition) is 2. The minimum absolute atomic E-state index is 0. The summed E-state index contributed by atoms with van der Waals surface area (Å²) in [5.74, 6) is 0. The number of hydrogen-bond acceptors (Lipinski definition) is 2. The quantitative estimate of drug-likeness (QED) is 0.311. The average Bonchev–Trinajstić information content (AvgIpc) is 1.61. The average molecular weight is 128 g/mol. The minimum Gasteiger partial charge on any atom is -1.00 e. The molecule has 0 aromatic carbocycles. The van der Waals surface area contributed by atoms with Crippen molar-refractivity contribution in [3.8, 4) is 0 Å². The Morgan fingerprint density at radius 2 is 1.29 bits per heavy atom. The van der Waals surface area contributed by atoms with E-state index < -0.39 is 0 Å². The van der Waals surface area contributed by atoms with Crippen LogP contribution in [0.2, 0.25) is 0 Å². The third-order valence-electron chi connectivity index (χ3n) is 0.658. The van der Waals surface area contributed by atoms with Gasteiger partial charge in [0, 0.05) is 0 Å². The van der Waals surface area contributed by atoms with Gasteiger partial charge in [-0.25, -0.2) is 0 Å². The van der Waals surface area contributed by atoms with E-state index in [1.54, 1.807) is 0 Å². The van der Waals surface area contributed by atoms with Crippen molar-refractivity contribution in [2.75, 3.05) is 13.1 Å². The zero-order valence-electron chi connectivity index (χ0n) is 5.98. The van der Waals surface area contributed by atoms with Gasteiger partial charge in [-0.05, 0) is 25.9 Å². The first-order chi connectivity index (χ1) is 2.91. The molecule has 0 aromatic rings. The van der Waals surface area contributed by atoms with Gasteiger partial charge in [-0.15, -0.1) is 0 Å². The van der Waals surface area contributed by atoms with Gasteiger partial charge in [0.05, 0.1) is 0 Å². The number of nitrogens with two attached hydrogens (primary N) is 2. The Morgan fingerprint density at radius 1 is 1.00 bits per heavy atom. The summed E-state index contributed by atoms with van der Waals surface area (Å²) in [6, 6.07) is 0. The Labute approximate surface area is 88.9 Å². The van der Waals surface area contributed by atoms with Crippen molar-refractivity contribution < 1.29 is 52.8 Å². The van der Waals surface area contributed by atoms with E-state index in [0.717, 1.165) is 25.9 Å². The van der Waals surface area contributed by atoms with Gasteiger partial charge in [0.25, 0.3) is 0 Å². The molecule has 0 unspecified atom stereocenters. The van der Waals surface area contributed by atoms with Crippen molar-refractivity contribution in [1.29, 1.82) is 0 Å². The summed E-state index contributed by atoms with van der Waals surface area (Å²) in [5, 5.41) is 0. The molecule has 3 heteroatoms. The topological polar surface area (TPSA) is 52.0 Å². The van der Waals surface area contributed by atoms with Gasteiger partial charge in [0.1, 0.15) is 0 Å². The zero-order chi connectivity index (χ0) is 4.83. The second-order valence-electron chi connectivity index (χ2n) is 1.28. The Morgan fingerprint density at radius 3 is 1.43 bits per heavy atom. The van der Waals surface area contributed by atoms with E-state index in [0.29, 0.717) is 0 Å². The summed E-state index contributed by atoms with van der Waals surface area (Å²) in [6.07, 6.45) is 2.13. The molecule has 40 valence electrons. The largest absolute Gasteiger partial charge is 1.00 e. The molecule has 0 saturated heterocycles. The van der Waals surface area contributed by atoms with Crippen molar-refractivity contribution in [3.63, 3.8) is 0 Å². The normalized spacial score (nSPS) is 7.71. The second-order valence-corrected chi connectivity index (χ2v) is 1.28. The van der Waals surface area contributed by atoms with E-state index in [1.807, 2.05) is 0 Å². The minimum atomic E-state index is 0. The van der Waals surface area contributed by atoms with E-state index in [4.69, 9.17) is 11.5 Å². The molecular formula is C4H13KN2. The third kappa shape index (κ3) is 11.2. The van der Waals surface area contributed by atoms with Gasteiger partial charge in [-0.2, -0.15) is 0 Å². The molecule has 0 amide bonds. The molecule has 0 spiro atoms. The van der Waals surface area contributed by atoms with Crippen LogP contribution in [0.25, 0.3) is 0 Å². The van der Waals surface area contributed by atoms with Crippen LogP contribution in [0.1, 0.15) is 14.3 Å². The summed E-state index contributed by atoms with van der Waals surface area (Å²) in [7, 11) is 0. The first-order valence-corrected chi connectivity index (χ1v) is 2.32. The Balaban J connectivity index is -0.000000125. The summed E-state index contributed by atoms with van der Waals surface area (Å²) < 4.78 is 0. The van der Waals surface area contributed by atoms with E-state index >= 15 is 0 Å². The van der Waals surface area contributed by atoms with Crippen molar-refractivity contribution >= 4 is 0 Å². The molecule has 0 bridgehead atoms. The fourth-order valence-corrected chi connectivity index (χ4v) is 0.289. The van der Waals surface area contributed by atoms with Gasteiger partial charge in [0.15, 0.2) is 0 Å². The first-order valence-electron chi connectivity index (χ1n) is 2.32. The summed E-state index contributed by atoms with van der Waals surface area (Å²) >= 11 is 0. The fraction of sp³-hybridized carbons (Fsp3) is 1.00. The molecular weight excluding hydrogens is 115 g/mol. The number of rotatable bonds is 3. The molecule has 0 rings (SSSR count). The van der Waals surface area contributed by atoms with Crippen molar-refractivity contribution in [3.05, 3.63) is 0 Å². The van der Waals surface area contributed by atoms with E-state index in [9.17, 15) is 0 Å². The Bertz CT molecular complexity index is 26.0. The summed E-state index contributed by atoms with van der Waals surface area (Å²) in [4.78, 5) is 0. The Hall–Kier alpha value is 1.56. The summed E-state index contributed by atoms with van der Waals surface area (Å²) in [6.45, 7) is 1.55. The molecule has 0 aromatic heterocycles. The van der Waals surface area contributed by atoms with Gasteiger partial charge < -0.3 is 12.9 Å². The Kier molecular flexibility index (Phi) is 17.1. The zero-order valence-corrected chi connectivity index (χ0v) is 8.11. The molecule has 7 heavy (non-hydrogen) atoms. The molecule has 0 fully saturated rings. The van der Waals surface area contributed by atoms with Crippen LogP contribution in [0.15, 0.2) is 0 Å². The standard InChI is InChI=1S/C4H12N2.K.H/c5-3-1-2-4-6;;/h1-6H2;;/q;+1;-1. The van der Waals surface area contributed by atoms with E-state index in [1.165, 1.54) is 0 Å². The predicted octanol–water partition coefficient (Wildman–Crippen LogP) is -3.20. The predicted molar refractivity (Wildman–Crippen MR) is 28.5 cm³/mol. The molecule has 0 aliphatic carbocycles. The van der Waals surface area contributed by atoms with Crippen LogP contribution in [0.5, 0.6) is 0 Å². The molecule has 0 aliphatic heterocycles. The van der Waals surface area contributed by atoms with Gasteiger partial charge >= 0.3 is 51.4 Å². The molecule has 0 heterocycles. The van der Waals surface area contributed by atoms with Crippen LogP contribution in [0, 0.1) is 0 Å². The van der Waals surface area contributed by atoms with Crippen LogP contribution in [0.4, 0.5) is 0 Å².